The third kappa shape index (κ3) is 3.36. The van der Waals surface area contributed by atoms with Crippen molar-refractivity contribution in [1.82, 2.24) is 9.88 Å². The van der Waals surface area contributed by atoms with E-state index in [9.17, 15) is 18.0 Å². The zero-order chi connectivity index (χ0) is 14.8. The van der Waals surface area contributed by atoms with E-state index in [1.807, 2.05) is 0 Å². The first-order valence-electron chi connectivity index (χ1n) is 5.69. The van der Waals surface area contributed by atoms with Crippen LogP contribution in [0.25, 0.3) is 0 Å². The van der Waals surface area contributed by atoms with E-state index < -0.39 is 11.7 Å². The van der Waals surface area contributed by atoms with Crippen molar-refractivity contribution in [3.8, 4) is 0 Å². The number of nitrogens with zero attached hydrogens (tertiary/aromatic N) is 2. The zero-order valence-electron chi connectivity index (χ0n) is 10.5. The van der Waals surface area contributed by atoms with Crippen molar-refractivity contribution in [2.24, 2.45) is 0 Å². The molecule has 20 heavy (non-hydrogen) atoms. The molecule has 0 fully saturated rings. The number of alkyl halides is 3. The van der Waals surface area contributed by atoms with Gasteiger partial charge in [0.25, 0.3) is 5.91 Å². The van der Waals surface area contributed by atoms with E-state index in [-0.39, 0.29) is 11.5 Å². The van der Waals surface area contributed by atoms with E-state index in [2.05, 4.69) is 4.98 Å². The monoisotopic (exact) mass is 300 g/mol. The van der Waals surface area contributed by atoms with E-state index in [1.54, 1.807) is 18.6 Å². The third-order valence-electron chi connectivity index (χ3n) is 2.66. The molecule has 0 saturated heterocycles. The average Bonchev–Trinajstić information content (AvgIpc) is 2.90. The number of carbonyl (C=O) groups is 1. The topological polar surface area (TPSA) is 33.2 Å². The minimum Gasteiger partial charge on any atom is -0.335 e. The van der Waals surface area contributed by atoms with Gasteiger partial charge in [0.2, 0.25) is 0 Å². The Hall–Kier alpha value is -1.89. The van der Waals surface area contributed by atoms with Crippen molar-refractivity contribution in [1.29, 1.82) is 0 Å². The summed E-state index contributed by atoms with van der Waals surface area (Å²) in [6.45, 7) is 0.331. The zero-order valence-corrected chi connectivity index (χ0v) is 11.3. The molecule has 0 aliphatic heterocycles. The van der Waals surface area contributed by atoms with Crippen molar-refractivity contribution in [2.75, 3.05) is 7.05 Å². The van der Waals surface area contributed by atoms with Gasteiger partial charge < -0.3 is 4.90 Å². The van der Waals surface area contributed by atoms with Crippen LogP contribution in [-0.4, -0.2) is 22.8 Å². The summed E-state index contributed by atoms with van der Waals surface area (Å²) in [6.07, 6.45) is -2.76. The van der Waals surface area contributed by atoms with E-state index in [0.29, 0.717) is 6.54 Å². The van der Waals surface area contributed by atoms with Gasteiger partial charge in [-0.15, -0.1) is 11.3 Å². The number of carbonyl (C=O) groups excluding carboxylic acids is 1. The highest BCUT2D eigenvalue weighted by atomic mass is 32.1. The molecule has 0 radical (unpaired) electrons. The number of benzene rings is 1. The number of amides is 1. The highest BCUT2D eigenvalue weighted by Gasteiger charge is 2.30. The third-order valence-corrected chi connectivity index (χ3v) is 3.43. The lowest BCUT2D eigenvalue weighted by Gasteiger charge is -2.16. The lowest BCUT2D eigenvalue weighted by Crippen LogP contribution is -2.26. The molecule has 1 aromatic carbocycles. The van der Waals surface area contributed by atoms with Gasteiger partial charge in [-0.05, 0) is 24.3 Å². The number of hydrogen-bond donors (Lipinski definition) is 0. The van der Waals surface area contributed by atoms with Crippen molar-refractivity contribution in [3.05, 3.63) is 52.0 Å². The second-order valence-corrected chi connectivity index (χ2v) is 5.14. The van der Waals surface area contributed by atoms with Gasteiger partial charge in [0.05, 0.1) is 12.1 Å². The van der Waals surface area contributed by atoms with Gasteiger partial charge >= 0.3 is 6.18 Å². The second kappa shape index (κ2) is 5.62. The summed E-state index contributed by atoms with van der Waals surface area (Å²) in [5.41, 5.74) is -0.548. The standard InChI is InChI=1S/C13H11F3N2OS/c1-18(8-11-17-6-7-20-11)12(19)9-2-4-10(5-3-9)13(14,15)16/h2-7H,8H2,1H3. The maximum absolute atomic E-state index is 12.4. The van der Waals surface area contributed by atoms with E-state index in [4.69, 9.17) is 0 Å². The van der Waals surface area contributed by atoms with Crippen LogP contribution in [0.3, 0.4) is 0 Å². The van der Waals surface area contributed by atoms with Crippen LogP contribution in [0.15, 0.2) is 35.8 Å². The molecule has 0 N–H and O–H groups in total. The van der Waals surface area contributed by atoms with Crippen LogP contribution in [0.2, 0.25) is 0 Å². The number of aromatic nitrogens is 1. The van der Waals surface area contributed by atoms with Crippen LogP contribution >= 0.6 is 11.3 Å². The number of halogens is 3. The molecule has 1 heterocycles. The molecule has 0 unspecified atom stereocenters. The van der Waals surface area contributed by atoms with Crippen LogP contribution < -0.4 is 0 Å². The Balaban J connectivity index is 2.09. The predicted octanol–water partition coefficient (Wildman–Crippen LogP) is 3.43. The van der Waals surface area contributed by atoms with Gasteiger partial charge in [0, 0.05) is 24.2 Å². The Bertz CT molecular complexity index is 579. The predicted molar refractivity (Wildman–Crippen MR) is 69.4 cm³/mol. The SMILES string of the molecule is CN(Cc1nccs1)C(=O)c1ccc(C(F)(F)F)cc1. The largest absolute Gasteiger partial charge is 0.416 e. The fraction of sp³-hybridized carbons (Fsp3) is 0.231. The summed E-state index contributed by atoms with van der Waals surface area (Å²) in [7, 11) is 1.58. The summed E-state index contributed by atoms with van der Waals surface area (Å²) >= 11 is 1.42. The smallest absolute Gasteiger partial charge is 0.335 e. The first-order valence-corrected chi connectivity index (χ1v) is 6.57. The molecule has 0 saturated carbocycles. The van der Waals surface area contributed by atoms with Gasteiger partial charge in [-0.1, -0.05) is 0 Å². The minimum atomic E-state index is -4.39. The molecular weight excluding hydrogens is 289 g/mol. The van der Waals surface area contributed by atoms with Crippen molar-refractivity contribution >= 4 is 17.2 Å². The lowest BCUT2D eigenvalue weighted by atomic mass is 10.1. The maximum atomic E-state index is 12.4. The van der Waals surface area contributed by atoms with Gasteiger partial charge in [0.1, 0.15) is 5.01 Å². The molecule has 1 amide bonds. The molecule has 0 bridgehead atoms. The number of thiazole rings is 1. The maximum Gasteiger partial charge on any atom is 0.416 e. The molecule has 106 valence electrons. The van der Waals surface area contributed by atoms with Gasteiger partial charge in [-0.2, -0.15) is 13.2 Å². The van der Waals surface area contributed by atoms with Gasteiger partial charge in [-0.25, -0.2) is 4.98 Å². The average molecular weight is 300 g/mol. The van der Waals surface area contributed by atoms with Crippen molar-refractivity contribution in [3.63, 3.8) is 0 Å². The first kappa shape index (κ1) is 14.5. The Morgan fingerprint density at radius 2 is 1.95 bits per heavy atom. The molecule has 0 aliphatic carbocycles. The van der Waals surface area contributed by atoms with Crippen LogP contribution in [0.1, 0.15) is 20.9 Å². The highest BCUT2D eigenvalue weighted by molar-refractivity contribution is 7.09. The van der Waals surface area contributed by atoms with Crippen LogP contribution in [0.4, 0.5) is 13.2 Å². The normalized spacial score (nSPS) is 11.4. The Labute approximate surface area is 117 Å². The van der Waals surface area contributed by atoms with E-state index in [0.717, 1.165) is 17.1 Å². The fourth-order valence-electron chi connectivity index (χ4n) is 1.63. The Morgan fingerprint density at radius 3 is 2.45 bits per heavy atom. The summed E-state index contributed by atoms with van der Waals surface area (Å²) in [6, 6.07) is 4.18. The van der Waals surface area contributed by atoms with Gasteiger partial charge in [-0.3, -0.25) is 4.79 Å². The minimum absolute atomic E-state index is 0.219. The second-order valence-electron chi connectivity index (χ2n) is 4.16. The van der Waals surface area contributed by atoms with Crippen molar-refractivity contribution in [2.45, 2.75) is 12.7 Å². The molecule has 0 atom stereocenters. The fourth-order valence-corrected chi connectivity index (χ4v) is 2.30. The van der Waals surface area contributed by atoms with E-state index >= 15 is 0 Å². The Morgan fingerprint density at radius 1 is 1.30 bits per heavy atom. The molecule has 2 aromatic rings. The molecular formula is C13H11F3N2OS. The molecule has 0 spiro atoms. The Kier molecular flexibility index (Phi) is 4.08. The molecule has 3 nitrogen and oxygen atoms in total. The number of hydrogen-bond acceptors (Lipinski definition) is 3. The van der Waals surface area contributed by atoms with Crippen LogP contribution in [-0.2, 0) is 12.7 Å². The molecule has 7 heteroatoms. The van der Waals surface area contributed by atoms with Gasteiger partial charge in [0.15, 0.2) is 0 Å². The summed E-state index contributed by atoms with van der Waals surface area (Å²) in [5.74, 6) is -0.339. The first-order chi connectivity index (χ1) is 9.38. The van der Waals surface area contributed by atoms with Crippen LogP contribution in [0.5, 0.6) is 0 Å². The molecule has 2 rings (SSSR count). The molecule has 1 aromatic heterocycles. The summed E-state index contributed by atoms with van der Waals surface area (Å²) < 4.78 is 37.3. The van der Waals surface area contributed by atoms with Crippen LogP contribution in [0, 0.1) is 0 Å². The lowest BCUT2D eigenvalue weighted by molar-refractivity contribution is -0.137. The van der Waals surface area contributed by atoms with Crippen molar-refractivity contribution < 1.29 is 18.0 Å². The highest BCUT2D eigenvalue weighted by Crippen LogP contribution is 2.29. The van der Waals surface area contributed by atoms with E-state index in [1.165, 1.54) is 28.4 Å². The number of rotatable bonds is 3. The summed E-state index contributed by atoms with van der Waals surface area (Å²) in [5, 5.41) is 2.57. The summed E-state index contributed by atoms with van der Waals surface area (Å²) in [4.78, 5) is 17.5. The quantitative estimate of drug-likeness (QED) is 0.870. The molecule has 0 aliphatic rings.